The zero-order valence-electron chi connectivity index (χ0n) is 9.77. The van der Waals surface area contributed by atoms with E-state index in [2.05, 4.69) is 4.98 Å². The normalized spacial score (nSPS) is 10.8. The Labute approximate surface area is 120 Å². The number of rotatable bonds is 3. The molecular weight excluding hydrogens is 300 g/mol. The molecule has 0 aliphatic heterocycles. The average molecular weight is 306 g/mol. The SMILES string of the molecule is O=C(O)c1sc2ncccc2c1-c1ccc([N+](=O)[O-])s1. The summed E-state index contributed by atoms with van der Waals surface area (Å²) in [6, 6.07) is 6.44. The van der Waals surface area contributed by atoms with Gasteiger partial charge in [0.1, 0.15) is 9.71 Å². The lowest BCUT2D eigenvalue weighted by molar-refractivity contribution is -0.380. The van der Waals surface area contributed by atoms with Gasteiger partial charge in [-0.2, -0.15) is 0 Å². The lowest BCUT2D eigenvalue weighted by Crippen LogP contribution is -1.93. The van der Waals surface area contributed by atoms with E-state index in [0.29, 0.717) is 20.7 Å². The van der Waals surface area contributed by atoms with E-state index in [1.807, 2.05) is 0 Å². The van der Waals surface area contributed by atoms with Gasteiger partial charge in [0, 0.05) is 28.1 Å². The number of hydrogen-bond acceptors (Lipinski definition) is 6. The molecule has 0 aliphatic rings. The molecule has 0 spiro atoms. The van der Waals surface area contributed by atoms with Crippen molar-refractivity contribution in [3.05, 3.63) is 45.5 Å². The van der Waals surface area contributed by atoms with Gasteiger partial charge in [-0.25, -0.2) is 9.78 Å². The van der Waals surface area contributed by atoms with Crippen molar-refractivity contribution in [3.63, 3.8) is 0 Å². The summed E-state index contributed by atoms with van der Waals surface area (Å²) in [6.45, 7) is 0. The number of carbonyl (C=O) groups is 1. The van der Waals surface area contributed by atoms with Crippen LogP contribution >= 0.6 is 22.7 Å². The highest BCUT2D eigenvalue weighted by atomic mass is 32.1. The molecule has 1 N–H and O–H groups in total. The molecule has 3 rings (SSSR count). The molecule has 0 aliphatic carbocycles. The number of carboxylic acid groups (broad SMARTS) is 1. The second-order valence-corrected chi connectivity index (χ2v) is 5.92. The molecular formula is C12H6N2O4S2. The molecule has 0 atom stereocenters. The molecule has 0 saturated carbocycles. The maximum absolute atomic E-state index is 11.4. The number of nitrogens with zero attached hydrogens (tertiary/aromatic N) is 2. The van der Waals surface area contributed by atoms with Crippen molar-refractivity contribution in [3.8, 4) is 10.4 Å². The standard InChI is InChI=1S/C12H6N2O4S2/c15-12(16)10-9(6-2-1-5-13-11(6)20-10)7-3-4-8(19-7)14(17)18/h1-5H,(H,15,16). The van der Waals surface area contributed by atoms with Crippen LogP contribution in [0.5, 0.6) is 0 Å². The Bertz CT molecular complexity index is 837. The first-order valence-corrected chi connectivity index (χ1v) is 7.06. The first-order valence-electron chi connectivity index (χ1n) is 5.43. The molecule has 20 heavy (non-hydrogen) atoms. The van der Waals surface area contributed by atoms with E-state index >= 15 is 0 Å². The van der Waals surface area contributed by atoms with Crippen molar-refractivity contribution < 1.29 is 14.8 Å². The highest BCUT2D eigenvalue weighted by Gasteiger charge is 2.22. The average Bonchev–Trinajstić information content (AvgIpc) is 3.02. The van der Waals surface area contributed by atoms with E-state index in [4.69, 9.17) is 0 Å². The Morgan fingerprint density at radius 1 is 1.30 bits per heavy atom. The lowest BCUT2D eigenvalue weighted by atomic mass is 10.1. The van der Waals surface area contributed by atoms with Gasteiger partial charge in [-0.3, -0.25) is 10.1 Å². The molecule has 0 radical (unpaired) electrons. The number of hydrogen-bond donors (Lipinski definition) is 1. The molecule has 0 aromatic carbocycles. The number of aromatic carboxylic acids is 1. The zero-order valence-corrected chi connectivity index (χ0v) is 11.4. The predicted octanol–water partition coefficient (Wildman–Crippen LogP) is 3.63. The fourth-order valence-electron chi connectivity index (χ4n) is 1.89. The first-order chi connectivity index (χ1) is 9.58. The Morgan fingerprint density at radius 3 is 2.75 bits per heavy atom. The van der Waals surface area contributed by atoms with Crippen LogP contribution in [-0.4, -0.2) is 21.0 Å². The molecule has 0 amide bonds. The van der Waals surface area contributed by atoms with Gasteiger partial charge in [-0.15, -0.1) is 11.3 Å². The van der Waals surface area contributed by atoms with E-state index in [1.54, 1.807) is 24.4 Å². The van der Waals surface area contributed by atoms with Gasteiger partial charge >= 0.3 is 11.0 Å². The smallest absolute Gasteiger partial charge is 0.346 e. The number of thiophene rings is 2. The second-order valence-electron chi connectivity index (χ2n) is 3.86. The van der Waals surface area contributed by atoms with Gasteiger partial charge in [0.15, 0.2) is 0 Å². The van der Waals surface area contributed by atoms with Gasteiger partial charge in [0.2, 0.25) is 0 Å². The minimum Gasteiger partial charge on any atom is -0.477 e. The Morgan fingerprint density at radius 2 is 2.10 bits per heavy atom. The molecule has 3 aromatic heterocycles. The molecule has 6 nitrogen and oxygen atoms in total. The molecule has 0 unspecified atom stereocenters. The number of aromatic nitrogens is 1. The van der Waals surface area contributed by atoms with Crippen LogP contribution in [0.4, 0.5) is 5.00 Å². The lowest BCUT2D eigenvalue weighted by Gasteiger charge is -1.97. The van der Waals surface area contributed by atoms with E-state index in [0.717, 1.165) is 22.7 Å². The van der Waals surface area contributed by atoms with E-state index in [1.165, 1.54) is 6.07 Å². The summed E-state index contributed by atoms with van der Waals surface area (Å²) in [5, 5.41) is 20.7. The Kier molecular flexibility index (Phi) is 2.96. The number of nitro groups is 1. The fraction of sp³-hybridized carbons (Fsp3) is 0. The highest BCUT2D eigenvalue weighted by molar-refractivity contribution is 7.22. The van der Waals surface area contributed by atoms with Crippen LogP contribution in [-0.2, 0) is 0 Å². The van der Waals surface area contributed by atoms with E-state index in [9.17, 15) is 20.0 Å². The van der Waals surface area contributed by atoms with Gasteiger partial charge in [0.05, 0.1) is 4.92 Å². The summed E-state index contributed by atoms with van der Waals surface area (Å²) >= 11 is 2.03. The third-order valence-electron chi connectivity index (χ3n) is 2.68. The summed E-state index contributed by atoms with van der Waals surface area (Å²) in [4.78, 5) is 27.1. The molecule has 100 valence electrons. The zero-order chi connectivity index (χ0) is 14.3. The van der Waals surface area contributed by atoms with Gasteiger partial charge < -0.3 is 5.11 Å². The van der Waals surface area contributed by atoms with Crippen LogP contribution in [0.15, 0.2) is 30.5 Å². The van der Waals surface area contributed by atoms with E-state index in [-0.39, 0.29) is 9.88 Å². The molecule has 3 aromatic rings. The van der Waals surface area contributed by atoms with E-state index < -0.39 is 10.9 Å². The summed E-state index contributed by atoms with van der Waals surface area (Å²) in [7, 11) is 0. The third kappa shape index (κ3) is 1.95. The minimum atomic E-state index is -1.06. The van der Waals surface area contributed by atoms with Crippen molar-refractivity contribution in [2.24, 2.45) is 0 Å². The summed E-state index contributed by atoms with van der Waals surface area (Å²) in [6.07, 6.45) is 1.59. The monoisotopic (exact) mass is 306 g/mol. The molecule has 0 saturated heterocycles. The van der Waals surface area contributed by atoms with Crippen LogP contribution in [0.25, 0.3) is 20.7 Å². The number of fused-ring (bicyclic) bond motifs is 1. The minimum absolute atomic E-state index is 0.0143. The number of carboxylic acids is 1. The molecule has 3 heterocycles. The fourth-order valence-corrected chi connectivity index (χ4v) is 3.83. The first kappa shape index (κ1) is 12.7. The van der Waals surface area contributed by atoms with Gasteiger partial charge in [0.25, 0.3) is 0 Å². The Balaban J connectivity index is 2.29. The molecule has 0 bridgehead atoms. The van der Waals surface area contributed by atoms with Crippen LogP contribution < -0.4 is 0 Å². The molecule has 8 heteroatoms. The van der Waals surface area contributed by atoms with Crippen LogP contribution in [0.3, 0.4) is 0 Å². The van der Waals surface area contributed by atoms with Gasteiger partial charge in [-0.1, -0.05) is 11.3 Å². The maximum Gasteiger partial charge on any atom is 0.346 e. The van der Waals surface area contributed by atoms with Gasteiger partial charge in [-0.05, 0) is 18.2 Å². The van der Waals surface area contributed by atoms with Crippen molar-refractivity contribution in [2.75, 3.05) is 0 Å². The van der Waals surface area contributed by atoms with Crippen molar-refractivity contribution in [1.29, 1.82) is 0 Å². The quantitative estimate of drug-likeness (QED) is 0.589. The Hall–Kier alpha value is -2.32. The highest BCUT2D eigenvalue weighted by Crippen LogP contribution is 2.42. The van der Waals surface area contributed by atoms with Crippen LogP contribution in [0, 0.1) is 10.1 Å². The van der Waals surface area contributed by atoms with Crippen molar-refractivity contribution in [1.82, 2.24) is 4.98 Å². The predicted molar refractivity (Wildman–Crippen MR) is 76.5 cm³/mol. The summed E-state index contributed by atoms with van der Waals surface area (Å²) in [5.74, 6) is -1.06. The van der Waals surface area contributed by atoms with Crippen molar-refractivity contribution >= 4 is 43.9 Å². The topological polar surface area (TPSA) is 93.3 Å². The second kappa shape index (κ2) is 4.66. The van der Waals surface area contributed by atoms with Crippen molar-refractivity contribution in [2.45, 2.75) is 0 Å². The molecule has 0 fully saturated rings. The summed E-state index contributed by atoms with van der Waals surface area (Å²) < 4.78 is 0. The third-order valence-corrected chi connectivity index (χ3v) is 4.83. The van der Waals surface area contributed by atoms with Crippen LogP contribution in [0.2, 0.25) is 0 Å². The van der Waals surface area contributed by atoms with Crippen LogP contribution in [0.1, 0.15) is 9.67 Å². The largest absolute Gasteiger partial charge is 0.477 e. The summed E-state index contributed by atoms with van der Waals surface area (Å²) in [5.41, 5.74) is 0.503. The number of pyridine rings is 1. The maximum atomic E-state index is 11.4.